The number of carboxylic acid groups (broad SMARTS) is 1. The van der Waals surface area contributed by atoms with Crippen LogP contribution in [0.3, 0.4) is 0 Å². The molecule has 82 valence electrons. The van der Waals surface area contributed by atoms with E-state index in [1.54, 1.807) is 0 Å². The van der Waals surface area contributed by atoms with Gasteiger partial charge in [0.05, 0.1) is 5.75 Å². The van der Waals surface area contributed by atoms with Gasteiger partial charge >= 0.3 is 5.97 Å². The van der Waals surface area contributed by atoms with Crippen molar-refractivity contribution >= 4 is 15.8 Å². The summed E-state index contributed by atoms with van der Waals surface area (Å²) in [6.07, 6.45) is 1.65. The molecule has 0 aliphatic carbocycles. The Morgan fingerprint density at radius 2 is 2.07 bits per heavy atom. The molecule has 0 spiro atoms. The van der Waals surface area contributed by atoms with Crippen molar-refractivity contribution in [3.63, 3.8) is 0 Å². The van der Waals surface area contributed by atoms with Crippen molar-refractivity contribution in [2.24, 2.45) is 0 Å². The summed E-state index contributed by atoms with van der Waals surface area (Å²) in [5.74, 6) is -0.930. The molecule has 0 bridgehead atoms. The monoisotopic (exact) mass is 221 g/mol. The van der Waals surface area contributed by atoms with Crippen molar-refractivity contribution in [1.29, 1.82) is 0 Å². The van der Waals surface area contributed by atoms with Crippen LogP contribution < -0.4 is 5.32 Å². The average Bonchev–Trinajstić information content (AvgIpc) is 2.01. The van der Waals surface area contributed by atoms with Crippen LogP contribution in [0, 0.1) is 0 Å². The molecule has 0 radical (unpaired) electrons. The SMILES string of the molecule is C=C(CNCCCS(C)(=O)=O)C(=O)O. The molecule has 0 aliphatic heterocycles. The number of hydrogen-bond acceptors (Lipinski definition) is 4. The number of nitrogens with one attached hydrogen (secondary N) is 1. The maximum Gasteiger partial charge on any atom is 0.332 e. The molecule has 2 N–H and O–H groups in total. The minimum absolute atomic E-state index is 0.0735. The quantitative estimate of drug-likeness (QED) is 0.453. The van der Waals surface area contributed by atoms with Crippen LogP contribution in [-0.4, -0.2) is 44.6 Å². The molecule has 0 fully saturated rings. The van der Waals surface area contributed by atoms with Gasteiger partial charge in [-0.2, -0.15) is 0 Å². The van der Waals surface area contributed by atoms with Crippen LogP contribution in [0.4, 0.5) is 0 Å². The van der Waals surface area contributed by atoms with Crippen LogP contribution in [0.15, 0.2) is 12.2 Å². The van der Waals surface area contributed by atoms with Crippen LogP contribution in [0.1, 0.15) is 6.42 Å². The van der Waals surface area contributed by atoms with E-state index in [0.29, 0.717) is 13.0 Å². The number of aliphatic carboxylic acids is 1. The van der Waals surface area contributed by atoms with Gasteiger partial charge in [-0.05, 0) is 13.0 Å². The third kappa shape index (κ3) is 7.75. The van der Waals surface area contributed by atoms with Crippen molar-refractivity contribution in [2.75, 3.05) is 25.1 Å². The van der Waals surface area contributed by atoms with Crippen molar-refractivity contribution in [3.05, 3.63) is 12.2 Å². The van der Waals surface area contributed by atoms with Crippen LogP contribution in [-0.2, 0) is 14.6 Å². The summed E-state index contributed by atoms with van der Waals surface area (Å²) >= 11 is 0. The summed E-state index contributed by atoms with van der Waals surface area (Å²) in [4.78, 5) is 10.3. The number of carbonyl (C=O) groups is 1. The van der Waals surface area contributed by atoms with Gasteiger partial charge in [-0.25, -0.2) is 13.2 Å². The molecular weight excluding hydrogens is 206 g/mol. The summed E-state index contributed by atoms with van der Waals surface area (Å²) in [5, 5.41) is 11.2. The second-order valence-electron chi connectivity index (χ2n) is 3.07. The maximum atomic E-state index is 10.7. The zero-order chi connectivity index (χ0) is 11.2. The molecule has 0 atom stereocenters. The summed E-state index contributed by atoms with van der Waals surface area (Å²) in [6, 6.07) is 0. The maximum absolute atomic E-state index is 10.7. The van der Waals surface area contributed by atoms with Gasteiger partial charge in [-0.3, -0.25) is 0 Å². The molecule has 0 rings (SSSR count). The van der Waals surface area contributed by atoms with E-state index < -0.39 is 15.8 Å². The molecule has 5 nitrogen and oxygen atoms in total. The Morgan fingerprint density at radius 3 is 2.50 bits per heavy atom. The predicted octanol–water partition coefficient (Wildman–Crippen LogP) is -0.348. The molecule has 6 heteroatoms. The molecular formula is C8H15NO4S. The highest BCUT2D eigenvalue weighted by atomic mass is 32.2. The fourth-order valence-electron chi connectivity index (χ4n) is 0.774. The van der Waals surface area contributed by atoms with E-state index in [1.165, 1.54) is 6.26 Å². The molecule has 0 aromatic carbocycles. The lowest BCUT2D eigenvalue weighted by Gasteiger charge is -2.03. The molecule has 0 heterocycles. The first-order chi connectivity index (χ1) is 6.33. The van der Waals surface area contributed by atoms with E-state index in [-0.39, 0.29) is 17.9 Å². The van der Waals surface area contributed by atoms with Crippen molar-refractivity contribution in [3.8, 4) is 0 Å². The standard InChI is InChI=1S/C8H15NO4S/c1-7(8(10)11)6-9-4-3-5-14(2,12)13/h9H,1,3-6H2,2H3,(H,10,11). The molecule has 0 aromatic heterocycles. The normalized spacial score (nSPS) is 11.2. The first-order valence-electron chi connectivity index (χ1n) is 4.12. The Kier molecular flexibility index (Phi) is 5.40. The number of hydrogen-bond donors (Lipinski definition) is 2. The third-order valence-corrected chi connectivity index (χ3v) is 2.54. The Bertz CT molecular complexity index is 307. The van der Waals surface area contributed by atoms with Crippen molar-refractivity contribution in [2.45, 2.75) is 6.42 Å². The Balaban J connectivity index is 3.49. The number of rotatable bonds is 7. The van der Waals surface area contributed by atoms with E-state index in [4.69, 9.17) is 5.11 Å². The highest BCUT2D eigenvalue weighted by molar-refractivity contribution is 7.90. The van der Waals surface area contributed by atoms with Gasteiger partial charge in [0.25, 0.3) is 0 Å². The molecule has 0 aliphatic rings. The lowest BCUT2D eigenvalue weighted by Crippen LogP contribution is -2.23. The molecule has 0 unspecified atom stereocenters. The van der Waals surface area contributed by atoms with Gasteiger partial charge in [0, 0.05) is 18.4 Å². The summed E-state index contributed by atoms with van der Waals surface area (Å²) < 4.78 is 21.4. The zero-order valence-electron chi connectivity index (χ0n) is 8.12. The largest absolute Gasteiger partial charge is 0.478 e. The number of sulfone groups is 1. The minimum Gasteiger partial charge on any atom is -0.478 e. The second-order valence-corrected chi connectivity index (χ2v) is 5.33. The predicted molar refractivity (Wildman–Crippen MR) is 54.0 cm³/mol. The topological polar surface area (TPSA) is 83.5 Å². The summed E-state index contributed by atoms with van der Waals surface area (Å²) in [5.41, 5.74) is 0.0735. The van der Waals surface area contributed by atoms with E-state index >= 15 is 0 Å². The van der Waals surface area contributed by atoms with E-state index in [9.17, 15) is 13.2 Å². The number of carboxylic acids is 1. The third-order valence-electron chi connectivity index (χ3n) is 1.51. The van der Waals surface area contributed by atoms with Crippen LogP contribution in [0.2, 0.25) is 0 Å². The van der Waals surface area contributed by atoms with E-state index in [0.717, 1.165) is 0 Å². The first kappa shape index (κ1) is 13.1. The fourth-order valence-corrected chi connectivity index (χ4v) is 1.44. The highest BCUT2D eigenvalue weighted by Crippen LogP contribution is 1.89. The molecule has 0 aromatic rings. The average molecular weight is 221 g/mol. The lowest BCUT2D eigenvalue weighted by molar-refractivity contribution is -0.132. The van der Waals surface area contributed by atoms with Crippen LogP contribution >= 0.6 is 0 Å². The molecule has 0 saturated carbocycles. The second kappa shape index (κ2) is 5.77. The molecule has 14 heavy (non-hydrogen) atoms. The van der Waals surface area contributed by atoms with Gasteiger partial charge in [-0.15, -0.1) is 0 Å². The molecule has 0 amide bonds. The first-order valence-corrected chi connectivity index (χ1v) is 6.18. The van der Waals surface area contributed by atoms with Crippen molar-refractivity contribution < 1.29 is 18.3 Å². The van der Waals surface area contributed by atoms with Gasteiger partial charge in [0.15, 0.2) is 0 Å². The van der Waals surface area contributed by atoms with Crippen LogP contribution in [0.25, 0.3) is 0 Å². The summed E-state index contributed by atoms with van der Waals surface area (Å²) in [7, 11) is -2.92. The lowest BCUT2D eigenvalue weighted by atomic mass is 10.3. The summed E-state index contributed by atoms with van der Waals surface area (Å²) in [6.45, 7) is 3.97. The smallest absolute Gasteiger partial charge is 0.332 e. The van der Waals surface area contributed by atoms with Gasteiger partial charge in [0.2, 0.25) is 0 Å². The van der Waals surface area contributed by atoms with E-state index in [2.05, 4.69) is 11.9 Å². The fraction of sp³-hybridized carbons (Fsp3) is 0.625. The van der Waals surface area contributed by atoms with Crippen molar-refractivity contribution in [1.82, 2.24) is 5.32 Å². The Morgan fingerprint density at radius 1 is 1.50 bits per heavy atom. The van der Waals surface area contributed by atoms with Gasteiger partial charge in [0.1, 0.15) is 9.84 Å². The Labute approximate surface area is 83.7 Å². The van der Waals surface area contributed by atoms with Gasteiger partial charge < -0.3 is 10.4 Å². The van der Waals surface area contributed by atoms with Crippen LogP contribution in [0.5, 0.6) is 0 Å². The van der Waals surface area contributed by atoms with E-state index in [1.807, 2.05) is 0 Å². The highest BCUT2D eigenvalue weighted by Gasteiger charge is 2.03. The minimum atomic E-state index is -2.92. The Hall–Kier alpha value is -0.880. The molecule has 0 saturated heterocycles. The van der Waals surface area contributed by atoms with Gasteiger partial charge in [-0.1, -0.05) is 6.58 Å². The zero-order valence-corrected chi connectivity index (χ0v) is 8.93.